The summed E-state index contributed by atoms with van der Waals surface area (Å²) < 4.78 is 27.4. The van der Waals surface area contributed by atoms with E-state index in [1.807, 2.05) is 19.1 Å². The van der Waals surface area contributed by atoms with E-state index in [0.717, 1.165) is 11.1 Å². The molecule has 0 heterocycles. The van der Waals surface area contributed by atoms with Gasteiger partial charge in [-0.05, 0) is 48.2 Å². The smallest absolute Gasteiger partial charge is 0.131 e. The third-order valence-electron chi connectivity index (χ3n) is 3.06. The van der Waals surface area contributed by atoms with E-state index >= 15 is 0 Å². The molecule has 2 N–H and O–H groups in total. The highest BCUT2D eigenvalue weighted by molar-refractivity contribution is 5.68. The van der Waals surface area contributed by atoms with Crippen molar-refractivity contribution in [1.82, 2.24) is 0 Å². The van der Waals surface area contributed by atoms with Crippen LogP contribution in [0, 0.1) is 25.5 Å². The molecule has 0 radical (unpaired) electrons. The van der Waals surface area contributed by atoms with Gasteiger partial charge in [-0.25, -0.2) is 8.78 Å². The van der Waals surface area contributed by atoms with Crippen LogP contribution in [-0.4, -0.2) is 0 Å². The van der Waals surface area contributed by atoms with Crippen LogP contribution in [-0.2, 0) is 6.54 Å². The Morgan fingerprint density at radius 3 is 2.22 bits per heavy atom. The molecular weight excluding hydrogens is 232 g/mol. The lowest BCUT2D eigenvalue weighted by Crippen LogP contribution is -1.98. The summed E-state index contributed by atoms with van der Waals surface area (Å²) in [6, 6.07) is 7.98. The minimum Gasteiger partial charge on any atom is -0.326 e. The molecule has 0 aromatic heterocycles. The molecule has 0 bridgehead atoms. The molecule has 0 saturated carbocycles. The molecule has 0 unspecified atom stereocenters. The molecule has 0 spiro atoms. The monoisotopic (exact) mass is 247 g/mol. The Kier molecular flexibility index (Phi) is 3.43. The third-order valence-corrected chi connectivity index (χ3v) is 3.06. The largest absolute Gasteiger partial charge is 0.326 e. The van der Waals surface area contributed by atoms with Gasteiger partial charge in [-0.2, -0.15) is 0 Å². The van der Waals surface area contributed by atoms with Crippen molar-refractivity contribution in [3.8, 4) is 11.1 Å². The predicted molar refractivity (Wildman–Crippen MR) is 69.2 cm³/mol. The molecule has 0 atom stereocenters. The molecule has 0 fully saturated rings. The molecule has 2 rings (SSSR count). The second-order valence-electron chi connectivity index (χ2n) is 4.43. The minimum absolute atomic E-state index is 0.291. The van der Waals surface area contributed by atoms with Crippen molar-refractivity contribution in [2.45, 2.75) is 20.4 Å². The van der Waals surface area contributed by atoms with Gasteiger partial charge < -0.3 is 5.73 Å². The van der Waals surface area contributed by atoms with Crippen LogP contribution in [0.4, 0.5) is 8.78 Å². The lowest BCUT2D eigenvalue weighted by molar-refractivity contribution is 0.595. The first-order chi connectivity index (χ1) is 8.52. The molecule has 0 amide bonds. The minimum atomic E-state index is -0.405. The molecule has 1 nitrogen and oxygen atoms in total. The standard InChI is InChI=1S/C15H15F2N/c1-9-5-11(8-18)3-4-12(9)13-7-14(16)10(2)6-15(13)17/h3-7H,8,18H2,1-2H3. The molecule has 0 aliphatic rings. The summed E-state index contributed by atoms with van der Waals surface area (Å²) in [5.41, 5.74) is 8.71. The molecule has 2 aromatic carbocycles. The van der Waals surface area contributed by atoms with E-state index in [-0.39, 0.29) is 0 Å². The normalized spacial score (nSPS) is 10.7. The van der Waals surface area contributed by atoms with Crippen molar-refractivity contribution in [2.24, 2.45) is 5.73 Å². The van der Waals surface area contributed by atoms with E-state index in [1.54, 1.807) is 13.0 Å². The van der Waals surface area contributed by atoms with Crippen LogP contribution >= 0.6 is 0 Å². The maximum absolute atomic E-state index is 13.9. The van der Waals surface area contributed by atoms with Gasteiger partial charge in [-0.1, -0.05) is 18.2 Å². The molecule has 2 aromatic rings. The van der Waals surface area contributed by atoms with Crippen molar-refractivity contribution in [3.63, 3.8) is 0 Å². The SMILES string of the molecule is Cc1cc(F)c(-c2ccc(CN)cc2C)cc1F. The third kappa shape index (κ3) is 2.27. The van der Waals surface area contributed by atoms with E-state index in [4.69, 9.17) is 5.73 Å². The summed E-state index contributed by atoms with van der Waals surface area (Å²) in [5.74, 6) is -0.800. The van der Waals surface area contributed by atoms with Crippen molar-refractivity contribution >= 4 is 0 Å². The van der Waals surface area contributed by atoms with Crippen LogP contribution < -0.4 is 5.73 Å². The zero-order valence-corrected chi connectivity index (χ0v) is 10.4. The molecule has 94 valence electrons. The van der Waals surface area contributed by atoms with Crippen LogP contribution in [0.5, 0.6) is 0 Å². The molecule has 0 aliphatic carbocycles. The summed E-state index contributed by atoms with van der Waals surface area (Å²) in [5, 5.41) is 0. The topological polar surface area (TPSA) is 26.0 Å². The maximum atomic E-state index is 13.9. The van der Waals surface area contributed by atoms with Crippen molar-refractivity contribution in [2.75, 3.05) is 0 Å². The fourth-order valence-electron chi connectivity index (χ4n) is 2.01. The van der Waals surface area contributed by atoms with E-state index in [1.165, 1.54) is 12.1 Å². The number of hydrogen-bond donors (Lipinski definition) is 1. The predicted octanol–water partition coefficient (Wildman–Crippen LogP) is 3.71. The first-order valence-electron chi connectivity index (χ1n) is 5.78. The number of nitrogens with two attached hydrogens (primary N) is 1. The Morgan fingerprint density at radius 2 is 1.61 bits per heavy atom. The highest BCUT2D eigenvalue weighted by Crippen LogP contribution is 2.28. The summed E-state index contributed by atoms with van der Waals surface area (Å²) in [6.45, 7) is 3.85. The maximum Gasteiger partial charge on any atom is 0.131 e. The zero-order valence-electron chi connectivity index (χ0n) is 10.4. The molecule has 0 aliphatic heterocycles. The molecular formula is C15H15F2N. The van der Waals surface area contributed by atoms with Gasteiger partial charge in [0.2, 0.25) is 0 Å². The van der Waals surface area contributed by atoms with E-state index in [9.17, 15) is 8.78 Å². The van der Waals surface area contributed by atoms with Crippen molar-refractivity contribution in [1.29, 1.82) is 0 Å². The Hall–Kier alpha value is -1.74. The van der Waals surface area contributed by atoms with Crippen LogP contribution in [0.25, 0.3) is 11.1 Å². The first kappa shape index (κ1) is 12.7. The number of halogens is 2. The molecule has 3 heteroatoms. The van der Waals surface area contributed by atoms with Gasteiger partial charge in [0.1, 0.15) is 11.6 Å². The number of hydrogen-bond acceptors (Lipinski definition) is 1. The van der Waals surface area contributed by atoms with E-state index in [0.29, 0.717) is 23.2 Å². The van der Waals surface area contributed by atoms with E-state index < -0.39 is 11.6 Å². The highest BCUT2D eigenvalue weighted by atomic mass is 19.1. The summed E-state index contributed by atoms with van der Waals surface area (Å²) in [6.07, 6.45) is 0. The Labute approximate surface area is 105 Å². The van der Waals surface area contributed by atoms with Gasteiger partial charge in [0.15, 0.2) is 0 Å². The quantitative estimate of drug-likeness (QED) is 0.860. The lowest BCUT2D eigenvalue weighted by atomic mass is 9.97. The van der Waals surface area contributed by atoms with Gasteiger partial charge >= 0.3 is 0 Å². The van der Waals surface area contributed by atoms with Crippen LogP contribution in [0.15, 0.2) is 30.3 Å². The van der Waals surface area contributed by atoms with Gasteiger partial charge in [0.05, 0.1) is 0 Å². The highest BCUT2D eigenvalue weighted by Gasteiger charge is 2.11. The number of benzene rings is 2. The van der Waals surface area contributed by atoms with Gasteiger partial charge in [0.25, 0.3) is 0 Å². The van der Waals surface area contributed by atoms with Gasteiger partial charge in [0, 0.05) is 12.1 Å². The Bertz CT molecular complexity index is 591. The number of rotatable bonds is 2. The van der Waals surface area contributed by atoms with Gasteiger partial charge in [-0.3, -0.25) is 0 Å². The average Bonchev–Trinajstić information content (AvgIpc) is 2.34. The van der Waals surface area contributed by atoms with Gasteiger partial charge in [-0.15, -0.1) is 0 Å². The lowest BCUT2D eigenvalue weighted by Gasteiger charge is -2.10. The fourth-order valence-corrected chi connectivity index (χ4v) is 2.01. The molecule has 0 saturated heterocycles. The molecule has 18 heavy (non-hydrogen) atoms. The Morgan fingerprint density at radius 1 is 0.889 bits per heavy atom. The fraction of sp³-hybridized carbons (Fsp3) is 0.200. The summed E-state index contributed by atoms with van der Waals surface area (Å²) in [7, 11) is 0. The Balaban J connectivity index is 2.58. The summed E-state index contributed by atoms with van der Waals surface area (Å²) in [4.78, 5) is 0. The van der Waals surface area contributed by atoms with Crippen LogP contribution in [0.1, 0.15) is 16.7 Å². The summed E-state index contributed by atoms with van der Waals surface area (Å²) >= 11 is 0. The first-order valence-corrected chi connectivity index (χ1v) is 5.78. The number of aryl methyl sites for hydroxylation is 2. The van der Waals surface area contributed by atoms with E-state index in [2.05, 4.69) is 0 Å². The van der Waals surface area contributed by atoms with Crippen LogP contribution in [0.2, 0.25) is 0 Å². The zero-order chi connectivity index (χ0) is 13.3. The average molecular weight is 247 g/mol. The van der Waals surface area contributed by atoms with Crippen molar-refractivity contribution in [3.05, 3.63) is 58.7 Å². The van der Waals surface area contributed by atoms with Crippen LogP contribution in [0.3, 0.4) is 0 Å². The second-order valence-corrected chi connectivity index (χ2v) is 4.43. The second kappa shape index (κ2) is 4.86. The van der Waals surface area contributed by atoms with Crippen molar-refractivity contribution < 1.29 is 8.78 Å².